The van der Waals surface area contributed by atoms with E-state index in [9.17, 15) is 4.79 Å². The molecule has 0 aliphatic carbocycles. The van der Waals surface area contributed by atoms with Crippen molar-refractivity contribution in [2.45, 2.75) is 10.8 Å². The highest BCUT2D eigenvalue weighted by Gasteiger charge is 2.45. The first-order chi connectivity index (χ1) is 12.2. The SMILES string of the molecule is NC(=O)C1SC=CC1(C#Cc1ccccc1)n1cnc2ccccc21. The first-order valence-corrected chi connectivity index (χ1v) is 8.78. The van der Waals surface area contributed by atoms with Crippen molar-refractivity contribution >= 4 is 28.7 Å². The van der Waals surface area contributed by atoms with E-state index in [1.165, 1.54) is 11.8 Å². The monoisotopic (exact) mass is 345 g/mol. The summed E-state index contributed by atoms with van der Waals surface area (Å²) in [5, 5.41) is 1.38. The lowest BCUT2D eigenvalue weighted by Gasteiger charge is -2.29. The molecule has 122 valence electrons. The van der Waals surface area contributed by atoms with Gasteiger partial charge in [-0.1, -0.05) is 42.2 Å². The predicted molar refractivity (Wildman–Crippen MR) is 101 cm³/mol. The minimum atomic E-state index is -0.859. The molecule has 0 fully saturated rings. The second-order valence-corrected chi connectivity index (χ2v) is 6.78. The molecule has 0 bridgehead atoms. The maximum Gasteiger partial charge on any atom is 0.234 e. The summed E-state index contributed by atoms with van der Waals surface area (Å²) in [6, 6.07) is 17.5. The van der Waals surface area contributed by atoms with Gasteiger partial charge in [0.15, 0.2) is 0 Å². The standard InChI is InChI=1S/C20H15N3OS/c21-19(24)18-20(12-13-25-18,11-10-15-6-2-1-3-7-15)23-14-22-16-8-4-5-9-17(16)23/h1-9,12-14,18H,(H2,21,24). The van der Waals surface area contributed by atoms with E-state index in [4.69, 9.17) is 5.73 Å². The highest BCUT2D eigenvalue weighted by molar-refractivity contribution is 8.03. The molecular formula is C20H15N3OS. The van der Waals surface area contributed by atoms with E-state index < -0.39 is 16.7 Å². The fourth-order valence-corrected chi connectivity index (χ4v) is 4.05. The minimum absolute atomic E-state index is 0.393. The van der Waals surface area contributed by atoms with Crippen molar-refractivity contribution in [3.8, 4) is 11.8 Å². The van der Waals surface area contributed by atoms with E-state index in [1.54, 1.807) is 6.33 Å². The number of carbonyl (C=O) groups excluding carboxylic acids is 1. The molecule has 0 saturated carbocycles. The van der Waals surface area contributed by atoms with Gasteiger partial charge < -0.3 is 10.3 Å². The Kier molecular flexibility index (Phi) is 3.83. The summed E-state index contributed by atoms with van der Waals surface area (Å²) in [6.45, 7) is 0. The normalized spacial score (nSPS) is 21.8. The number of nitrogens with two attached hydrogens (primary N) is 1. The summed E-state index contributed by atoms with van der Waals surface area (Å²) in [5.74, 6) is 6.10. The van der Waals surface area contributed by atoms with Gasteiger partial charge in [-0.25, -0.2) is 4.98 Å². The molecule has 25 heavy (non-hydrogen) atoms. The zero-order valence-electron chi connectivity index (χ0n) is 13.3. The van der Waals surface area contributed by atoms with Gasteiger partial charge in [-0.15, -0.1) is 11.8 Å². The van der Waals surface area contributed by atoms with Gasteiger partial charge in [0.25, 0.3) is 0 Å². The number of primary amides is 1. The largest absolute Gasteiger partial charge is 0.369 e. The molecule has 3 aromatic rings. The van der Waals surface area contributed by atoms with Gasteiger partial charge in [0, 0.05) is 5.56 Å². The molecule has 4 nitrogen and oxygen atoms in total. The second-order valence-electron chi connectivity index (χ2n) is 5.77. The number of nitrogens with zero attached hydrogens (tertiary/aromatic N) is 2. The fraction of sp³-hybridized carbons (Fsp3) is 0.100. The molecule has 5 heteroatoms. The maximum atomic E-state index is 12.1. The number of carbonyl (C=O) groups is 1. The van der Waals surface area contributed by atoms with Gasteiger partial charge >= 0.3 is 0 Å². The van der Waals surface area contributed by atoms with Crippen LogP contribution in [0.3, 0.4) is 0 Å². The lowest BCUT2D eigenvalue weighted by molar-refractivity contribution is -0.118. The lowest BCUT2D eigenvalue weighted by atomic mass is 9.93. The number of hydrogen-bond acceptors (Lipinski definition) is 3. The first-order valence-electron chi connectivity index (χ1n) is 7.84. The first kappa shape index (κ1) is 15.6. The number of thioether (sulfide) groups is 1. The number of hydrogen-bond donors (Lipinski definition) is 1. The van der Waals surface area contributed by atoms with Crippen LogP contribution < -0.4 is 5.73 Å². The third kappa shape index (κ3) is 2.61. The van der Waals surface area contributed by atoms with Crippen LogP contribution >= 0.6 is 11.8 Å². The molecule has 2 unspecified atom stereocenters. The second kappa shape index (κ2) is 6.15. The van der Waals surface area contributed by atoms with Gasteiger partial charge in [0.05, 0.1) is 17.4 Å². The number of fused-ring (bicyclic) bond motifs is 1. The third-order valence-electron chi connectivity index (χ3n) is 4.23. The Hall–Kier alpha value is -2.97. The summed E-state index contributed by atoms with van der Waals surface area (Å²) >= 11 is 1.39. The Morgan fingerprint density at radius 1 is 1.16 bits per heavy atom. The van der Waals surface area contributed by atoms with Crippen LogP contribution in [-0.2, 0) is 10.3 Å². The molecule has 0 spiro atoms. The molecule has 1 aliphatic rings. The van der Waals surface area contributed by atoms with Gasteiger partial charge in [-0.3, -0.25) is 4.79 Å². The van der Waals surface area contributed by atoms with Crippen molar-refractivity contribution in [3.63, 3.8) is 0 Å². The molecule has 1 aromatic heterocycles. The lowest BCUT2D eigenvalue weighted by Crippen LogP contribution is -2.45. The molecule has 2 heterocycles. The Bertz CT molecular complexity index is 1030. The van der Waals surface area contributed by atoms with Crippen molar-refractivity contribution < 1.29 is 4.79 Å². The van der Waals surface area contributed by atoms with Crippen LogP contribution in [0.25, 0.3) is 11.0 Å². The maximum absolute atomic E-state index is 12.1. The highest BCUT2D eigenvalue weighted by Crippen LogP contribution is 2.40. The Morgan fingerprint density at radius 2 is 1.92 bits per heavy atom. The predicted octanol–water partition coefficient (Wildman–Crippen LogP) is 2.90. The zero-order valence-corrected chi connectivity index (χ0v) is 14.1. The average Bonchev–Trinajstić information content (AvgIpc) is 3.26. The van der Waals surface area contributed by atoms with Gasteiger partial charge in [-0.2, -0.15) is 0 Å². The van der Waals surface area contributed by atoms with Crippen molar-refractivity contribution in [3.05, 3.63) is 78.0 Å². The summed E-state index contributed by atoms with van der Waals surface area (Å²) in [7, 11) is 0. The summed E-state index contributed by atoms with van der Waals surface area (Å²) < 4.78 is 1.95. The van der Waals surface area contributed by atoms with E-state index in [0.717, 1.165) is 16.6 Å². The van der Waals surface area contributed by atoms with Crippen LogP contribution in [0, 0.1) is 11.8 Å². The summed E-state index contributed by atoms with van der Waals surface area (Å²) in [6.07, 6.45) is 3.67. The van der Waals surface area contributed by atoms with Gasteiger partial charge in [0.2, 0.25) is 5.91 Å². The van der Waals surface area contributed by atoms with E-state index in [1.807, 2.05) is 70.6 Å². The number of benzene rings is 2. The smallest absolute Gasteiger partial charge is 0.234 e. The minimum Gasteiger partial charge on any atom is -0.369 e. The average molecular weight is 345 g/mol. The topological polar surface area (TPSA) is 60.9 Å². The molecule has 4 rings (SSSR count). The Balaban J connectivity index is 1.93. The Labute approximate surface area is 149 Å². The molecule has 1 amide bonds. The fourth-order valence-electron chi connectivity index (χ4n) is 3.02. The Morgan fingerprint density at radius 3 is 2.72 bits per heavy atom. The van der Waals surface area contributed by atoms with Crippen LogP contribution in [0.4, 0.5) is 0 Å². The van der Waals surface area contributed by atoms with Crippen LogP contribution in [-0.4, -0.2) is 20.7 Å². The summed E-state index contributed by atoms with van der Waals surface area (Å²) in [4.78, 5) is 16.6. The number of para-hydroxylation sites is 2. The molecule has 2 atom stereocenters. The van der Waals surface area contributed by atoms with Crippen molar-refractivity contribution in [1.29, 1.82) is 0 Å². The van der Waals surface area contributed by atoms with E-state index in [-0.39, 0.29) is 0 Å². The van der Waals surface area contributed by atoms with E-state index in [0.29, 0.717) is 0 Å². The van der Waals surface area contributed by atoms with Crippen molar-refractivity contribution in [1.82, 2.24) is 9.55 Å². The molecule has 2 N–H and O–H groups in total. The highest BCUT2D eigenvalue weighted by atomic mass is 32.2. The number of aromatic nitrogens is 2. The van der Waals surface area contributed by atoms with Crippen LogP contribution in [0.2, 0.25) is 0 Å². The van der Waals surface area contributed by atoms with E-state index in [2.05, 4.69) is 16.8 Å². The van der Waals surface area contributed by atoms with Crippen molar-refractivity contribution in [2.75, 3.05) is 0 Å². The number of imidazole rings is 1. The number of rotatable bonds is 2. The molecule has 1 aliphatic heterocycles. The molecule has 0 saturated heterocycles. The molecular weight excluding hydrogens is 330 g/mol. The number of allylic oxidation sites excluding steroid dienone is 1. The molecule has 0 radical (unpaired) electrons. The molecule has 2 aromatic carbocycles. The van der Waals surface area contributed by atoms with Crippen LogP contribution in [0.5, 0.6) is 0 Å². The van der Waals surface area contributed by atoms with Crippen LogP contribution in [0.15, 0.2) is 72.4 Å². The van der Waals surface area contributed by atoms with E-state index >= 15 is 0 Å². The zero-order chi connectivity index (χ0) is 17.3. The number of amides is 1. The quantitative estimate of drug-likeness (QED) is 0.727. The van der Waals surface area contributed by atoms with Gasteiger partial charge in [-0.05, 0) is 35.7 Å². The summed E-state index contributed by atoms with van der Waals surface area (Å²) in [5.41, 5.74) is 7.50. The third-order valence-corrected chi connectivity index (χ3v) is 5.39. The van der Waals surface area contributed by atoms with Gasteiger partial charge in [0.1, 0.15) is 10.8 Å². The van der Waals surface area contributed by atoms with Crippen molar-refractivity contribution in [2.24, 2.45) is 5.73 Å². The van der Waals surface area contributed by atoms with Crippen LogP contribution in [0.1, 0.15) is 5.56 Å².